The van der Waals surface area contributed by atoms with Gasteiger partial charge in [0.1, 0.15) is 0 Å². The first kappa shape index (κ1) is 16.3. The maximum Gasteiger partial charge on any atom is 0.178 e. The lowest BCUT2D eigenvalue weighted by Crippen LogP contribution is -2.50. The van der Waals surface area contributed by atoms with Crippen molar-refractivity contribution in [3.05, 3.63) is 36.0 Å². The first-order chi connectivity index (χ1) is 12.3. The molecule has 5 heteroatoms. The molecule has 1 aromatic carbocycles. The molecule has 2 aliphatic rings. The molecule has 0 bridgehead atoms. The Bertz CT molecular complexity index is 820. The number of hydrogen-bond acceptors (Lipinski definition) is 4. The maximum atomic E-state index is 13.0. The number of hydrogen-bond donors (Lipinski definition) is 0. The van der Waals surface area contributed by atoms with Crippen LogP contribution in [0.4, 0.5) is 0 Å². The van der Waals surface area contributed by atoms with Crippen LogP contribution in [0.2, 0.25) is 0 Å². The second-order valence-corrected chi connectivity index (χ2v) is 6.96. The van der Waals surface area contributed by atoms with Crippen molar-refractivity contribution in [3.8, 4) is 6.07 Å². The van der Waals surface area contributed by atoms with Crippen LogP contribution in [-0.2, 0) is 11.3 Å². The molecule has 1 saturated carbocycles. The van der Waals surface area contributed by atoms with E-state index in [1.54, 1.807) is 0 Å². The van der Waals surface area contributed by atoms with Gasteiger partial charge in [0.05, 0.1) is 31.7 Å². The molecule has 0 unspecified atom stereocenters. The lowest BCUT2D eigenvalue weighted by atomic mass is 10.1. The Morgan fingerprint density at radius 3 is 3.08 bits per heavy atom. The van der Waals surface area contributed by atoms with E-state index in [4.69, 9.17) is 10.00 Å². The van der Waals surface area contributed by atoms with Gasteiger partial charge in [-0.2, -0.15) is 5.26 Å². The second-order valence-electron chi connectivity index (χ2n) is 6.96. The summed E-state index contributed by atoms with van der Waals surface area (Å²) in [6.07, 6.45) is 6.10. The smallest absolute Gasteiger partial charge is 0.178 e. The van der Waals surface area contributed by atoms with Gasteiger partial charge in [0.15, 0.2) is 5.78 Å². The van der Waals surface area contributed by atoms with Gasteiger partial charge in [-0.05, 0) is 25.3 Å². The number of carbonyl (C=O) groups is 1. The van der Waals surface area contributed by atoms with Gasteiger partial charge >= 0.3 is 0 Å². The quantitative estimate of drug-likeness (QED) is 0.787. The molecule has 4 rings (SSSR count). The summed E-state index contributed by atoms with van der Waals surface area (Å²) in [5, 5.41) is 9.86. The Morgan fingerprint density at radius 1 is 1.32 bits per heavy atom. The number of benzene rings is 1. The molecule has 0 N–H and O–H groups in total. The highest BCUT2D eigenvalue weighted by atomic mass is 16.5. The summed E-state index contributed by atoms with van der Waals surface area (Å²) in [6.45, 7) is 2.63. The van der Waals surface area contributed by atoms with E-state index in [1.165, 1.54) is 6.42 Å². The molecule has 5 nitrogen and oxygen atoms in total. The number of aromatic nitrogens is 1. The van der Waals surface area contributed by atoms with Gasteiger partial charge in [0.2, 0.25) is 0 Å². The van der Waals surface area contributed by atoms with Crippen molar-refractivity contribution < 1.29 is 9.53 Å². The van der Waals surface area contributed by atoms with Crippen LogP contribution in [0.15, 0.2) is 30.5 Å². The highest BCUT2D eigenvalue weighted by Gasteiger charge is 2.36. The van der Waals surface area contributed by atoms with Gasteiger partial charge in [-0.1, -0.05) is 18.2 Å². The summed E-state index contributed by atoms with van der Waals surface area (Å²) in [6, 6.07) is 10.5. The molecular formula is C20H23N3O2. The van der Waals surface area contributed by atoms with Crippen LogP contribution in [0.3, 0.4) is 0 Å². The van der Waals surface area contributed by atoms with Crippen molar-refractivity contribution in [2.45, 2.75) is 44.4 Å². The van der Waals surface area contributed by atoms with E-state index in [9.17, 15) is 4.79 Å². The predicted molar refractivity (Wildman–Crippen MR) is 95.5 cm³/mol. The number of ketones is 1. The number of carbonyl (C=O) groups excluding carboxylic acids is 1. The van der Waals surface area contributed by atoms with Gasteiger partial charge in [0, 0.05) is 41.8 Å². The first-order valence-corrected chi connectivity index (χ1v) is 9.11. The van der Waals surface area contributed by atoms with E-state index in [0.717, 1.165) is 42.5 Å². The van der Waals surface area contributed by atoms with Gasteiger partial charge < -0.3 is 9.30 Å². The molecule has 1 aliphatic carbocycles. The van der Waals surface area contributed by atoms with Gasteiger partial charge in [-0.25, -0.2) is 0 Å². The molecule has 1 saturated heterocycles. The highest BCUT2D eigenvalue weighted by Crippen LogP contribution is 2.30. The third-order valence-electron chi connectivity index (χ3n) is 5.50. The zero-order valence-electron chi connectivity index (χ0n) is 14.4. The number of ether oxygens (including phenoxy) is 1. The van der Waals surface area contributed by atoms with E-state index in [1.807, 2.05) is 35.0 Å². The minimum Gasteiger partial charge on any atom is -0.375 e. The number of aryl methyl sites for hydroxylation is 1. The summed E-state index contributed by atoms with van der Waals surface area (Å²) in [4.78, 5) is 15.4. The minimum absolute atomic E-state index is 0.166. The number of nitriles is 1. The fourth-order valence-electron chi connectivity index (χ4n) is 4.30. The predicted octanol–water partition coefficient (Wildman–Crippen LogP) is 2.99. The maximum absolute atomic E-state index is 13.0. The lowest BCUT2D eigenvalue weighted by Gasteiger charge is -2.37. The largest absolute Gasteiger partial charge is 0.375 e. The minimum atomic E-state index is 0.166. The van der Waals surface area contributed by atoms with E-state index in [0.29, 0.717) is 31.7 Å². The lowest BCUT2D eigenvalue weighted by molar-refractivity contribution is -0.0522. The fraction of sp³-hybridized carbons (Fsp3) is 0.500. The molecule has 1 aliphatic heterocycles. The zero-order chi connectivity index (χ0) is 17.2. The SMILES string of the molecule is N#CCCn1cc(C(=O)CN2CCO[C@H]3CCC[C@H]32)c2ccccc21. The van der Waals surface area contributed by atoms with E-state index in [2.05, 4.69) is 11.0 Å². The van der Waals surface area contributed by atoms with E-state index < -0.39 is 0 Å². The van der Waals surface area contributed by atoms with Crippen molar-refractivity contribution >= 4 is 16.7 Å². The third kappa shape index (κ3) is 3.08. The van der Waals surface area contributed by atoms with Crippen molar-refractivity contribution in [1.29, 1.82) is 5.26 Å². The number of nitrogens with zero attached hydrogens (tertiary/aromatic N) is 3. The van der Waals surface area contributed by atoms with Gasteiger partial charge in [-0.3, -0.25) is 9.69 Å². The Labute approximate surface area is 147 Å². The molecular weight excluding hydrogens is 314 g/mol. The molecule has 1 aromatic heterocycles. The Hall–Kier alpha value is -2.16. The van der Waals surface area contributed by atoms with Crippen molar-refractivity contribution in [3.63, 3.8) is 0 Å². The van der Waals surface area contributed by atoms with Crippen molar-refractivity contribution in [1.82, 2.24) is 9.47 Å². The van der Waals surface area contributed by atoms with Gasteiger partial charge in [-0.15, -0.1) is 0 Å². The average molecular weight is 337 g/mol. The number of rotatable bonds is 5. The molecule has 2 heterocycles. The van der Waals surface area contributed by atoms with Crippen LogP contribution in [0.1, 0.15) is 36.0 Å². The Balaban J connectivity index is 1.58. The topological polar surface area (TPSA) is 58.3 Å². The van der Waals surface area contributed by atoms with E-state index >= 15 is 0 Å². The molecule has 25 heavy (non-hydrogen) atoms. The highest BCUT2D eigenvalue weighted by molar-refractivity contribution is 6.09. The molecule has 2 atom stereocenters. The van der Waals surface area contributed by atoms with Crippen molar-refractivity contribution in [2.24, 2.45) is 0 Å². The third-order valence-corrected chi connectivity index (χ3v) is 5.50. The summed E-state index contributed by atoms with van der Waals surface area (Å²) >= 11 is 0. The molecule has 0 amide bonds. The number of Topliss-reactive ketones (excluding diaryl/α,β-unsaturated/α-hetero) is 1. The van der Waals surface area contributed by atoms with Crippen LogP contribution in [-0.4, -0.2) is 47.1 Å². The number of fused-ring (bicyclic) bond motifs is 2. The standard InChI is InChI=1S/C20H23N3O2/c21-9-4-10-22-13-16(15-5-1-2-6-17(15)22)19(24)14-23-11-12-25-20-8-3-7-18(20)23/h1-2,5-6,13,18,20H,3-4,7-8,10-12,14H2/t18-,20+/m1/s1. The molecule has 2 fully saturated rings. The zero-order valence-corrected chi connectivity index (χ0v) is 14.4. The summed E-state index contributed by atoms with van der Waals surface area (Å²) in [7, 11) is 0. The fourth-order valence-corrected chi connectivity index (χ4v) is 4.30. The number of para-hydroxylation sites is 1. The van der Waals surface area contributed by atoms with Gasteiger partial charge in [0.25, 0.3) is 0 Å². The normalized spacial score (nSPS) is 23.5. The molecule has 2 aromatic rings. The van der Waals surface area contributed by atoms with Crippen LogP contribution >= 0.6 is 0 Å². The van der Waals surface area contributed by atoms with Crippen LogP contribution in [0.25, 0.3) is 10.9 Å². The monoisotopic (exact) mass is 337 g/mol. The molecule has 0 spiro atoms. The number of morpholine rings is 1. The van der Waals surface area contributed by atoms with Crippen LogP contribution < -0.4 is 0 Å². The first-order valence-electron chi connectivity index (χ1n) is 9.11. The summed E-state index contributed by atoms with van der Waals surface area (Å²) in [5.41, 5.74) is 1.80. The molecule has 130 valence electrons. The summed E-state index contributed by atoms with van der Waals surface area (Å²) in [5.74, 6) is 0.166. The Kier molecular flexibility index (Phi) is 4.56. The second kappa shape index (κ2) is 6.99. The van der Waals surface area contributed by atoms with E-state index in [-0.39, 0.29) is 5.78 Å². The van der Waals surface area contributed by atoms with Crippen LogP contribution in [0, 0.1) is 11.3 Å². The van der Waals surface area contributed by atoms with Crippen molar-refractivity contribution in [2.75, 3.05) is 19.7 Å². The van der Waals surface area contributed by atoms with Crippen LogP contribution in [0.5, 0.6) is 0 Å². The Morgan fingerprint density at radius 2 is 2.20 bits per heavy atom. The average Bonchev–Trinajstić information content (AvgIpc) is 3.25. The summed E-state index contributed by atoms with van der Waals surface area (Å²) < 4.78 is 7.88. The molecule has 0 radical (unpaired) electrons.